The van der Waals surface area contributed by atoms with Crippen LogP contribution in [0.3, 0.4) is 0 Å². The molecule has 8 heavy (non-hydrogen) atoms. The van der Waals surface area contributed by atoms with E-state index in [1.165, 1.54) is 31.4 Å². The summed E-state index contributed by atoms with van der Waals surface area (Å²) in [5.41, 5.74) is 0. The van der Waals surface area contributed by atoms with Crippen molar-refractivity contribution in [2.75, 3.05) is 5.75 Å². The van der Waals surface area contributed by atoms with Crippen LogP contribution in [-0.2, 0) is 0 Å². The second-order valence-corrected chi connectivity index (χ2v) is 4.07. The third kappa shape index (κ3) is 0.771. The fourth-order valence-corrected chi connectivity index (χ4v) is 3.04. The molecule has 0 aromatic carbocycles. The fraction of sp³-hybridized carbons (Fsp3) is 0.857. The lowest BCUT2D eigenvalue weighted by Gasteiger charge is -2.15. The molecule has 0 nitrogen and oxygen atoms in total. The summed E-state index contributed by atoms with van der Waals surface area (Å²) in [4.78, 5) is 0. The van der Waals surface area contributed by atoms with E-state index in [0.29, 0.717) is 0 Å². The topological polar surface area (TPSA) is 0 Å². The number of hydrogen-bond acceptors (Lipinski definition) is 1. The van der Waals surface area contributed by atoms with Gasteiger partial charge in [-0.05, 0) is 30.9 Å². The van der Waals surface area contributed by atoms with Gasteiger partial charge in [-0.15, -0.1) is 0 Å². The smallest absolute Gasteiger partial charge is 0.00530 e. The van der Waals surface area contributed by atoms with Gasteiger partial charge >= 0.3 is 0 Å². The summed E-state index contributed by atoms with van der Waals surface area (Å²) in [6, 6.07) is 0. The lowest BCUT2D eigenvalue weighted by molar-refractivity contribution is 0.575. The van der Waals surface area contributed by atoms with Crippen molar-refractivity contribution in [2.45, 2.75) is 30.9 Å². The van der Waals surface area contributed by atoms with E-state index in [1.54, 1.807) is 0 Å². The Morgan fingerprint density at radius 2 is 2.50 bits per heavy atom. The van der Waals surface area contributed by atoms with Crippen molar-refractivity contribution in [3.8, 4) is 0 Å². The van der Waals surface area contributed by atoms with Crippen molar-refractivity contribution in [3.05, 3.63) is 5.92 Å². The van der Waals surface area contributed by atoms with Gasteiger partial charge < -0.3 is 0 Å². The molecular weight excluding hydrogens is 116 g/mol. The molecule has 1 heterocycles. The molecule has 1 heteroatoms. The zero-order valence-corrected chi connectivity index (χ0v) is 5.84. The summed E-state index contributed by atoms with van der Waals surface area (Å²) >= 11 is 2.18. The van der Waals surface area contributed by atoms with E-state index in [9.17, 15) is 0 Å². The van der Waals surface area contributed by atoms with E-state index in [4.69, 9.17) is 0 Å². The number of thioether (sulfide) groups is 1. The molecular formula is C7H11S. The van der Waals surface area contributed by atoms with Gasteiger partial charge in [0, 0.05) is 5.25 Å². The largest absolute Gasteiger partial charge is 0.158 e. The SMILES string of the molecule is C1C[C]2CSC(C1)C2. The highest BCUT2D eigenvalue weighted by molar-refractivity contribution is 8.00. The van der Waals surface area contributed by atoms with Crippen LogP contribution < -0.4 is 0 Å². The Bertz CT molecular complexity index is 76.4. The first-order valence-corrected chi connectivity index (χ1v) is 4.45. The fourth-order valence-electron chi connectivity index (χ4n) is 1.61. The van der Waals surface area contributed by atoms with Crippen LogP contribution in [0.4, 0.5) is 0 Å². The van der Waals surface area contributed by atoms with Crippen molar-refractivity contribution in [1.82, 2.24) is 0 Å². The minimum absolute atomic E-state index is 1.04. The molecule has 2 aliphatic rings. The molecule has 1 aliphatic heterocycles. The third-order valence-corrected chi connectivity index (χ3v) is 3.54. The van der Waals surface area contributed by atoms with Gasteiger partial charge in [-0.3, -0.25) is 0 Å². The molecule has 1 atom stereocenters. The van der Waals surface area contributed by atoms with Crippen molar-refractivity contribution < 1.29 is 0 Å². The molecule has 1 aliphatic carbocycles. The monoisotopic (exact) mass is 127 g/mol. The van der Waals surface area contributed by atoms with Crippen LogP contribution in [0.15, 0.2) is 0 Å². The molecule has 1 unspecified atom stereocenters. The molecule has 0 aromatic heterocycles. The molecule has 2 rings (SSSR count). The van der Waals surface area contributed by atoms with Crippen LogP contribution >= 0.6 is 11.8 Å². The predicted octanol–water partition coefficient (Wildman–Crippen LogP) is 2.25. The molecule has 1 saturated carbocycles. The molecule has 0 aromatic rings. The molecule has 2 fully saturated rings. The predicted molar refractivity (Wildman–Crippen MR) is 38.0 cm³/mol. The van der Waals surface area contributed by atoms with Crippen molar-refractivity contribution in [1.29, 1.82) is 0 Å². The summed E-state index contributed by atoms with van der Waals surface area (Å²) in [5, 5.41) is 1.04. The zero-order chi connectivity index (χ0) is 5.40. The van der Waals surface area contributed by atoms with Crippen molar-refractivity contribution >= 4 is 11.8 Å². The van der Waals surface area contributed by atoms with Gasteiger partial charge in [0.05, 0.1) is 0 Å². The molecule has 45 valence electrons. The maximum absolute atomic E-state index is 2.18. The van der Waals surface area contributed by atoms with Crippen LogP contribution in [0, 0.1) is 5.92 Å². The third-order valence-electron chi connectivity index (χ3n) is 2.10. The first-order chi connectivity index (χ1) is 3.95. The van der Waals surface area contributed by atoms with Crippen LogP contribution in [0.25, 0.3) is 0 Å². The Morgan fingerprint density at radius 3 is 3.25 bits per heavy atom. The van der Waals surface area contributed by atoms with Gasteiger partial charge in [0.25, 0.3) is 0 Å². The quantitative estimate of drug-likeness (QED) is 0.481. The molecule has 1 saturated heterocycles. The van der Waals surface area contributed by atoms with Crippen LogP contribution in [0.2, 0.25) is 0 Å². The lowest BCUT2D eigenvalue weighted by Crippen LogP contribution is -2.06. The van der Waals surface area contributed by atoms with E-state index in [-0.39, 0.29) is 0 Å². The summed E-state index contributed by atoms with van der Waals surface area (Å²) in [7, 11) is 0. The normalized spacial score (nSPS) is 38.2. The second kappa shape index (κ2) is 1.94. The molecule has 0 amide bonds. The number of hydrogen-bond donors (Lipinski definition) is 0. The average molecular weight is 127 g/mol. The van der Waals surface area contributed by atoms with E-state index < -0.39 is 0 Å². The number of fused-ring (bicyclic) bond motifs is 2. The summed E-state index contributed by atoms with van der Waals surface area (Å²) < 4.78 is 0. The van der Waals surface area contributed by atoms with E-state index in [1.807, 2.05) is 5.92 Å². The highest BCUT2D eigenvalue weighted by atomic mass is 32.2. The Kier molecular flexibility index (Phi) is 1.25. The molecule has 1 radical (unpaired) electrons. The minimum atomic E-state index is 1.04. The van der Waals surface area contributed by atoms with Crippen molar-refractivity contribution in [3.63, 3.8) is 0 Å². The maximum atomic E-state index is 2.18. The Morgan fingerprint density at radius 1 is 1.50 bits per heavy atom. The van der Waals surface area contributed by atoms with Gasteiger partial charge in [-0.2, -0.15) is 11.8 Å². The van der Waals surface area contributed by atoms with Crippen LogP contribution in [-0.4, -0.2) is 11.0 Å². The first kappa shape index (κ1) is 5.16. The zero-order valence-electron chi connectivity index (χ0n) is 5.02. The minimum Gasteiger partial charge on any atom is -0.158 e. The van der Waals surface area contributed by atoms with E-state index >= 15 is 0 Å². The van der Waals surface area contributed by atoms with Gasteiger partial charge in [0.2, 0.25) is 0 Å². The summed E-state index contributed by atoms with van der Waals surface area (Å²) in [6.45, 7) is 0. The highest BCUT2D eigenvalue weighted by Gasteiger charge is 2.28. The lowest BCUT2D eigenvalue weighted by atomic mass is 9.91. The Hall–Kier alpha value is 0.350. The van der Waals surface area contributed by atoms with Gasteiger partial charge in [-0.1, -0.05) is 6.42 Å². The Labute approximate surface area is 55.0 Å². The molecule has 2 bridgehead atoms. The standard InChI is InChI=1S/C7H11S/c1-2-6-4-7(3-1)8-5-6/h7H,1-5H2. The van der Waals surface area contributed by atoms with Gasteiger partial charge in [0.1, 0.15) is 0 Å². The number of rotatable bonds is 0. The van der Waals surface area contributed by atoms with Gasteiger partial charge in [0.15, 0.2) is 0 Å². The van der Waals surface area contributed by atoms with Crippen molar-refractivity contribution in [2.24, 2.45) is 0 Å². The highest BCUT2D eigenvalue weighted by Crippen LogP contribution is 2.42. The first-order valence-electron chi connectivity index (χ1n) is 3.40. The van der Waals surface area contributed by atoms with Crippen LogP contribution in [0.1, 0.15) is 25.7 Å². The van der Waals surface area contributed by atoms with E-state index in [2.05, 4.69) is 11.8 Å². The van der Waals surface area contributed by atoms with E-state index in [0.717, 1.165) is 5.25 Å². The average Bonchev–Trinajstić information content (AvgIpc) is 2.12. The molecule has 0 N–H and O–H groups in total. The summed E-state index contributed by atoms with van der Waals surface area (Å²) in [5.74, 6) is 3.23. The van der Waals surface area contributed by atoms with Gasteiger partial charge in [-0.25, -0.2) is 0 Å². The molecule has 0 spiro atoms. The maximum Gasteiger partial charge on any atom is 0.00530 e. The summed E-state index contributed by atoms with van der Waals surface area (Å²) in [6.07, 6.45) is 5.88. The second-order valence-electron chi connectivity index (χ2n) is 2.78. The Balaban J connectivity index is 2.03. The van der Waals surface area contributed by atoms with Crippen LogP contribution in [0.5, 0.6) is 0 Å².